The van der Waals surface area contributed by atoms with E-state index in [9.17, 15) is 14.4 Å². The van der Waals surface area contributed by atoms with Gasteiger partial charge in [0.25, 0.3) is 11.6 Å². The van der Waals surface area contributed by atoms with Crippen LogP contribution < -0.4 is 10.3 Å². The fourth-order valence-corrected chi connectivity index (χ4v) is 3.94. The summed E-state index contributed by atoms with van der Waals surface area (Å²) in [5.41, 5.74) is -0.442. The van der Waals surface area contributed by atoms with Gasteiger partial charge in [0.05, 0.1) is 18.2 Å². The number of thioether (sulfide) groups is 1. The molecule has 0 fully saturated rings. The zero-order valence-corrected chi connectivity index (χ0v) is 17.7. The maximum absolute atomic E-state index is 14.6. The lowest BCUT2D eigenvalue weighted by Gasteiger charge is -2.26. The maximum Gasteiger partial charge on any atom is 0.299 e. The highest BCUT2D eigenvalue weighted by Crippen LogP contribution is 2.29. The molecule has 1 aliphatic rings. The van der Waals surface area contributed by atoms with E-state index >= 15 is 0 Å². The number of ether oxygens (including phenoxy) is 2. The maximum atomic E-state index is 14.6. The average Bonchev–Trinajstić information content (AvgIpc) is 2.67. The van der Waals surface area contributed by atoms with Crippen molar-refractivity contribution in [3.8, 4) is 23.3 Å². The van der Waals surface area contributed by atoms with E-state index in [2.05, 4.69) is 9.97 Å². The highest BCUT2D eigenvalue weighted by atomic mass is 32.2. The van der Waals surface area contributed by atoms with E-state index in [-0.39, 0.29) is 28.7 Å². The molecule has 0 saturated heterocycles. The van der Waals surface area contributed by atoms with Crippen LogP contribution in [-0.4, -0.2) is 39.9 Å². The van der Waals surface area contributed by atoms with Gasteiger partial charge < -0.3 is 9.47 Å². The molecule has 2 aromatic heterocycles. The molecule has 1 unspecified atom stereocenters. The standard InChI is InChI=1S/C20H23FN4O3S/c1-20(2,3)17-15(21)5-13(7-23-17)16-14(6-22)18(26)25-8-12(10-29-11-27-4)9-28-19(25)24-16/h5,7,12H,8-11H2,1-4H3. The molecule has 2 aromatic rings. The second kappa shape index (κ2) is 8.51. The van der Waals surface area contributed by atoms with Gasteiger partial charge in [-0.2, -0.15) is 10.2 Å². The third-order valence-corrected chi connectivity index (χ3v) is 5.62. The second-order valence-electron chi connectivity index (χ2n) is 7.90. The fraction of sp³-hybridized carbons (Fsp3) is 0.500. The first-order valence-electron chi connectivity index (χ1n) is 9.17. The predicted octanol–water partition coefficient (Wildman–Crippen LogP) is 2.96. The van der Waals surface area contributed by atoms with Crippen molar-refractivity contribution in [3.63, 3.8) is 0 Å². The summed E-state index contributed by atoms with van der Waals surface area (Å²) >= 11 is 1.60. The van der Waals surface area contributed by atoms with Crippen LogP contribution in [0.2, 0.25) is 0 Å². The molecule has 0 aliphatic carbocycles. The highest BCUT2D eigenvalue weighted by molar-refractivity contribution is 7.99. The molecular weight excluding hydrogens is 395 g/mol. The third kappa shape index (κ3) is 4.43. The highest BCUT2D eigenvalue weighted by Gasteiger charge is 2.27. The minimum absolute atomic E-state index is 0.0859. The molecule has 0 aromatic carbocycles. The molecule has 0 bridgehead atoms. The molecule has 0 spiro atoms. The quantitative estimate of drug-likeness (QED) is 0.545. The van der Waals surface area contributed by atoms with E-state index in [0.717, 1.165) is 5.75 Å². The van der Waals surface area contributed by atoms with Gasteiger partial charge in [-0.05, 0) is 6.07 Å². The van der Waals surface area contributed by atoms with Crippen LogP contribution in [0, 0.1) is 23.1 Å². The monoisotopic (exact) mass is 418 g/mol. The summed E-state index contributed by atoms with van der Waals surface area (Å²) in [5.74, 6) is 0.911. The lowest BCUT2D eigenvalue weighted by Crippen LogP contribution is -2.36. The summed E-state index contributed by atoms with van der Waals surface area (Å²) in [4.78, 5) is 21.5. The fourth-order valence-electron chi connectivity index (χ4n) is 3.14. The Morgan fingerprint density at radius 3 is 2.86 bits per heavy atom. The van der Waals surface area contributed by atoms with Crippen LogP contribution in [0.1, 0.15) is 32.0 Å². The Balaban J connectivity index is 1.99. The summed E-state index contributed by atoms with van der Waals surface area (Å²) in [6, 6.07) is 3.32. The first kappa shape index (κ1) is 21.3. The Morgan fingerprint density at radius 2 is 2.24 bits per heavy atom. The van der Waals surface area contributed by atoms with Crippen molar-refractivity contribution >= 4 is 11.8 Å². The van der Waals surface area contributed by atoms with Crippen LogP contribution in [0.15, 0.2) is 17.1 Å². The topological polar surface area (TPSA) is 90.0 Å². The molecule has 1 aliphatic heterocycles. The van der Waals surface area contributed by atoms with Crippen LogP contribution in [-0.2, 0) is 16.7 Å². The summed E-state index contributed by atoms with van der Waals surface area (Å²) in [6.45, 7) is 6.39. The predicted molar refractivity (Wildman–Crippen MR) is 108 cm³/mol. The zero-order chi connectivity index (χ0) is 21.2. The van der Waals surface area contributed by atoms with Crippen molar-refractivity contribution in [1.29, 1.82) is 5.26 Å². The molecule has 0 amide bonds. The SMILES string of the molecule is COCSCC1COc2nc(-c3cnc(C(C)(C)C)c(F)c3)c(C#N)c(=O)n2C1. The van der Waals surface area contributed by atoms with E-state index in [1.807, 2.05) is 26.8 Å². The number of nitriles is 1. The largest absolute Gasteiger partial charge is 0.464 e. The summed E-state index contributed by atoms with van der Waals surface area (Å²) in [7, 11) is 1.63. The Bertz CT molecular complexity index is 1010. The number of methoxy groups -OCH3 is 1. The summed E-state index contributed by atoms with van der Waals surface area (Å²) in [5, 5.41) is 9.58. The Labute approximate surface area is 172 Å². The number of aromatic nitrogens is 3. The van der Waals surface area contributed by atoms with Crippen molar-refractivity contribution in [1.82, 2.24) is 14.5 Å². The van der Waals surface area contributed by atoms with E-state index < -0.39 is 16.8 Å². The van der Waals surface area contributed by atoms with Gasteiger partial charge in [0, 0.05) is 42.5 Å². The lowest BCUT2D eigenvalue weighted by molar-refractivity contribution is 0.172. The molecule has 154 valence electrons. The summed E-state index contributed by atoms with van der Waals surface area (Å²) in [6.07, 6.45) is 1.44. The van der Waals surface area contributed by atoms with Crippen molar-refractivity contribution in [2.24, 2.45) is 5.92 Å². The first-order chi connectivity index (χ1) is 13.8. The van der Waals surface area contributed by atoms with E-state index in [1.165, 1.54) is 16.8 Å². The van der Waals surface area contributed by atoms with Gasteiger partial charge >= 0.3 is 0 Å². The number of halogens is 1. The number of hydrogen-bond donors (Lipinski definition) is 0. The van der Waals surface area contributed by atoms with Crippen molar-refractivity contribution in [2.75, 3.05) is 25.4 Å². The van der Waals surface area contributed by atoms with Crippen LogP contribution in [0.4, 0.5) is 4.39 Å². The molecule has 1 atom stereocenters. The van der Waals surface area contributed by atoms with Gasteiger partial charge in [-0.15, -0.1) is 11.8 Å². The number of rotatable bonds is 5. The Kier molecular flexibility index (Phi) is 6.24. The number of pyridine rings is 1. The lowest BCUT2D eigenvalue weighted by atomic mass is 9.90. The van der Waals surface area contributed by atoms with Gasteiger partial charge in [0.15, 0.2) is 0 Å². The zero-order valence-electron chi connectivity index (χ0n) is 16.9. The number of fused-ring (bicyclic) bond motifs is 1. The minimum Gasteiger partial charge on any atom is -0.464 e. The van der Waals surface area contributed by atoms with Gasteiger partial charge in [0.1, 0.15) is 23.1 Å². The number of hydrogen-bond acceptors (Lipinski definition) is 7. The van der Waals surface area contributed by atoms with Crippen LogP contribution in [0.3, 0.4) is 0 Å². The first-order valence-corrected chi connectivity index (χ1v) is 10.3. The molecule has 0 radical (unpaired) electrons. The molecule has 7 nitrogen and oxygen atoms in total. The molecule has 0 N–H and O–H groups in total. The van der Waals surface area contributed by atoms with Crippen molar-refractivity contribution in [2.45, 2.75) is 32.7 Å². The van der Waals surface area contributed by atoms with Crippen molar-refractivity contribution < 1.29 is 13.9 Å². The molecule has 29 heavy (non-hydrogen) atoms. The van der Waals surface area contributed by atoms with Gasteiger partial charge in [-0.3, -0.25) is 14.3 Å². The van der Waals surface area contributed by atoms with Crippen LogP contribution >= 0.6 is 11.8 Å². The van der Waals surface area contributed by atoms with E-state index in [0.29, 0.717) is 24.8 Å². The second-order valence-corrected chi connectivity index (χ2v) is 8.88. The molecule has 3 rings (SSSR count). The van der Waals surface area contributed by atoms with Crippen LogP contribution in [0.5, 0.6) is 6.01 Å². The van der Waals surface area contributed by atoms with Gasteiger partial charge in [-0.25, -0.2) is 4.39 Å². The average molecular weight is 418 g/mol. The Hall–Kier alpha value is -2.44. The van der Waals surface area contributed by atoms with Crippen LogP contribution in [0.25, 0.3) is 11.3 Å². The molecule has 3 heterocycles. The Morgan fingerprint density at radius 1 is 1.48 bits per heavy atom. The minimum atomic E-state index is -0.505. The van der Waals surface area contributed by atoms with E-state index in [4.69, 9.17) is 9.47 Å². The number of nitrogens with zero attached hydrogens (tertiary/aromatic N) is 4. The third-order valence-electron chi connectivity index (χ3n) is 4.51. The molecular formula is C20H23FN4O3S. The van der Waals surface area contributed by atoms with Crippen molar-refractivity contribution in [3.05, 3.63) is 39.7 Å². The molecule has 9 heteroatoms. The molecule has 0 saturated carbocycles. The smallest absolute Gasteiger partial charge is 0.299 e. The van der Waals surface area contributed by atoms with E-state index in [1.54, 1.807) is 18.9 Å². The van der Waals surface area contributed by atoms with Gasteiger partial charge in [0.2, 0.25) is 0 Å². The normalized spacial score (nSPS) is 16.1. The summed E-state index contributed by atoms with van der Waals surface area (Å²) < 4.78 is 26.7. The van der Waals surface area contributed by atoms with Gasteiger partial charge in [-0.1, -0.05) is 20.8 Å².